The number of nitrogens with zero attached hydrogens (tertiary/aromatic N) is 2. The van der Waals surface area contributed by atoms with E-state index in [1.807, 2.05) is 17.9 Å². The number of alkyl halides is 3. The summed E-state index contributed by atoms with van der Waals surface area (Å²) in [4.78, 5) is 36.8. The Hall–Kier alpha value is -3.47. The van der Waals surface area contributed by atoms with Crippen LogP contribution < -0.4 is 21.1 Å². The number of anilines is 1. The third kappa shape index (κ3) is 5.63. The molecule has 3 aromatic rings. The Balaban J connectivity index is 1.60. The van der Waals surface area contributed by atoms with Gasteiger partial charge >= 0.3 is 6.18 Å². The molecule has 39 heavy (non-hydrogen) atoms. The lowest BCUT2D eigenvalue weighted by Crippen LogP contribution is -2.37. The van der Waals surface area contributed by atoms with Crippen molar-refractivity contribution in [2.24, 2.45) is 0 Å². The molecule has 7 nitrogen and oxygen atoms in total. The lowest BCUT2D eigenvalue weighted by atomic mass is 10.0. The number of aryl methyl sites for hydroxylation is 1. The van der Waals surface area contributed by atoms with Crippen molar-refractivity contribution in [1.82, 2.24) is 20.6 Å². The zero-order chi connectivity index (χ0) is 28.1. The van der Waals surface area contributed by atoms with E-state index >= 15 is 0 Å². The molecular formula is C28H31F4N5O2. The molecular weight excluding hydrogens is 514 g/mol. The predicted octanol–water partition coefficient (Wildman–Crippen LogP) is 4.95. The van der Waals surface area contributed by atoms with E-state index in [0.29, 0.717) is 42.3 Å². The molecule has 1 aliphatic heterocycles. The van der Waals surface area contributed by atoms with Crippen LogP contribution in [0.1, 0.15) is 77.9 Å². The van der Waals surface area contributed by atoms with Crippen LogP contribution >= 0.6 is 0 Å². The van der Waals surface area contributed by atoms with Gasteiger partial charge in [0.05, 0.1) is 28.5 Å². The van der Waals surface area contributed by atoms with E-state index in [2.05, 4.69) is 22.5 Å². The number of carbonyl (C=O) groups is 1. The smallest absolute Gasteiger partial charge is 0.369 e. The number of H-pyrrole nitrogens is 1. The molecule has 5 rings (SSSR count). The molecule has 3 heterocycles. The highest BCUT2D eigenvalue weighted by Crippen LogP contribution is 2.43. The number of halogens is 4. The fourth-order valence-electron chi connectivity index (χ4n) is 5.24. The normalized spacial score (nSPS) is 19.2. The van der Waals surface area contributed by atoms with Crippen LogP contribution in [-0.2, 0) is 6.18 Å². The van der Waals surface area contributed by atoms with Crippen LogP contribution in [-0.4, -0.2) is 41.6 Å². The molecule has 1 saturated heterocycles. The lowest BCUT2D eigenvalue weighted by Gasteiger charge is -2.27. The fraction of sp³-hybridized carbons (Fsp3) is 0.464. The van der Waals surface area contributed by atoms with Crippen molar-refractivity contribution in [3.8, 4) is 0 Å². The number of hydrogen-bond donors (Lipinski definition) is 3. The summed E-state index contributed by atoms with van der Waals surface area (Å²) in [6.07, 6.45) is -2.01. The minimum Gasteiger partial charge on any atom is -0.369 e. The van der Waals surface area contributed by atoms with Crippen molar-refractivity contribution in [2.75, 3.05) is 24.5 Å². The molecule has 1 saturated carbocycles. The van der Waals surface area contributed by atoms with Crippen LogP contribution in [0.2, 0.25) is 0 Å². The molecule has 11 heteroatoms. The molecule has 2 aliphatic rings. The Kier molecular flexibility index (Phi) is 7.13. The number of hydrogen-bond acceptors (Lipinski definition) is 5. The molecule has 3 N–H and O–H groups in total. The van der Waals surface area contributed by atoms with Crippen LogP contribution in [0.4, 0.5) is 23.2 Å². The average molecular weight is 546 g/mol. The number of nitrogens with one attached hydrogen (secondary N) is 3. The van der Waals surface area contributed by atoms with Crippen LogP contribution in [0, 0.1) is 12.7 Å². The first-order chi connectivity index (χ1) is 18.4. The second-order valence-electron chi connectivity index (χ2n) is 10.6. The first-order valence-corrected chi connectivity index (χ1v) is 13.2. The van der Waals surface area contributed by atoms with Gasteiger partial charge in [-0.2, -0.15) is 13.2 Å². The van der Waals surface area contributed by atoms with Crippen LogP contribution in [0.5, 0.6) is 0 Å². The summed E-state index contributed by atoms with van der Waals surface area (Å²) in [7, 11) is 0. The first-order valence-electron chi connectivity index (χ1n) is 13.2. The maximum absolute atomic E-state index is 14.1. The van der Waals surface area contributed by atoms with E-state index in [9.17, 15) is 27.2 Å². The van der Waals surface area contributed by atoms with Gasteiger partial charge in [-0.15, -0.1) is 0 Å². The van der Waals surface area contributed by atoms with Crippen molar-refractivity contribution in [1.29, 1.82) is 0 Å². The van der Waals surface area contributed by atoms with Gasteiger partial charge in [0.1, 0.15) is 11.4 Å². The zero-order valence-corrected chi connectivity index (χ0v) is 22.0. The molecule has 2 aromatic heterocycles. The summed E-state index contributed by atoms with van der Waals surface area (Å²) >= 11 is 0. The summed E-state index contributed by atoms with van der Waals surface area (Å²) in [5.74, 6) is -1.56. The van der Waals surface area contributed by atoms with E-state index in [1.165, 1.54) is 6.92 Å². The highest BCUT2D eigenvalue weighted by Gasteiger charge is 2.33. The Morgan fingerprint density at radius 2 is 1.90 bits per heavy atom. The van der Waals surface area contributed by atoms with Gasteiger partial charge in [-0.1, -0.05) is 0 Å². The maximum Gasteiger partial charge on any atom is 0.416 e. The number of aromatic nitrogens is 2. The van der Waals surface area contributed by atoms with E-state index < -0.39 is 35.1 Å². The van der Waals surface area contributed by atoms with Gasteiger partial charge in [-0.3, -0.25) is 14.6 Å². The molecule has 2 atom stereocenters. The van der Waals surface area contributed by atoms with Crippen molar-refractivity contribution < 1.29 is 22.4 Å². The quantitative estimate of drug-likeness (QED) is 0.395. The number of fused-ring (bicyclic) bond motifs is 1. The van der Waals surface area contributed by atoms with Gasteiger partial charge in [-0.25, -0.2) is 4.39 Å². The van der Waals surface area contributed by atoms with E-state index in [1.54, 1.807) is 0 Å². The van der Waals surface area contributed by atoms with E-state index in [0.717, 1.165) is 42.8 Å². The molecule has 0 spiro atoms. The van der Waals surface area contributed by atoms with Gasteiger partial charge in [-0.05, 0) is 69.9 Å². The topological polar surface area (TPSA) is 90.1 Å². The van der Waals surface area contributed by atoms with E-state index in [4.69, 9.17) is 4.98 Å². The molecule has 0 radical (unpaired) electrons. The Morgan fingerprint density at radius 3 is 2.59 bits per heavy atom. The number of amides is 1. The number of benzene rings is 1. The third-order valence-electron chi connectivity index (χ3n) is 7.44. The molecule has 1 amide bonds. The van der Waals surface area contributed by atoms with Gasteiger partial charge in [0.15, 0.2) is 0 Å². The van der Waals surface area contributed by atoms with Gasteiger partial charge in [0, 0.05) is 42.7 Å². The molecule has 0 bridgehead atoms. The summed E-state index contributed by atoms with van der Waals surface area (Å²) in [6, 6.07) is 3.28. The van der Waals surface area contributed by atoms with Gasteiger partial charge in [0.2, 0.25) is 0 Å². The van der Waals surface area contributed by atoms with Crippen molar-refractivity contribution in [2.45, 2.75) is 64.2 Å². The third-order valence-corrected chi connectivity index (χ3v) is 7.44. The molecule has 2 fully saturated rings. The lowest BCUT2D eigenvalue weighted by molar-refractivity contribution is -0.137. The van der Waals surface area contributed by atoms with E-state index in [-0.39, 0.29) is 23.1 Å². The predicted molar refractivity (Wildman–Crippen MR) is 141 cm³/mol. The van der Waals surface area contributed by atoms with Crippen LogP contribution in [0.3, 0.4) is 0 Å². The molecule has 208 valence electrons. The summed E-state index contributed by atoms with van der Waals surface area (Å²) in [5, 5.41) is 6.77. The maximum atomic E-state index is 14.1. The fourth-order valence-corrected chi connectivity index (χ4v) is 5.24. The number of carbonyl (C=O) groups excluding carboxylic acids is 1. The van der Waals surface area contributed by atoms with Crippen LogP contribution in [0.25, 0.3) is 10.9 Å². The van der Waals surface area contributed by atoms with Gasteiger partial charge < -0.3 is 20.5 Å². The number of pyridine rings is 2. The second kappa shape index (κ2) is 10.3. The average Bonchev–Trinajstić information content (AvgIpc) is 3.71. The van der Waals surface area contributed by atoms with Crippen molar-refractivity contribution >= 4 is 22.5 Å². The Morgan fingerprint density at radius 1 is 1.15 bits per heavy atom. The van der Waals surface area contributed by atoms with Crippen molar-refractivity contribution in [3.63, 3.8) is 0 Å². The largest absolute Gasteiger partial charge is 0.416 e. The molecule has 1 aliphatic carbocycles. The monoisotopic (exact) mass is 545 g/mol. The standard InChI is InChI=1S/C28H31F4N5O2/c1-14-6-8-37(9-7-33-14)25-21-10-15(2)34-23(17-4-5-17)24(21)36-27(39)22(25)26(38)35-16(3)18-11-19(28(30,31)32)13-20(29)12-18/h10-14,16-17,33H,4-9H2,1-3H3,(H,35,38)(H,36,39)/t14-,16-/m0/s1. The minimum absolute atomic E-state index is 0.0571. The summed E-state index contributed by atoms with van der Waals surface area (Å²) in [5.41, 5.74) is 0.735. The van der Waals surface area contributed by atoms with Crippen LogP contribution in [0.15, 0.2) is 29.1 Å². The highest BCUT2D eigenvalue weighted by molar-refractivity contribution is 6.08. The molecule has 0 unspecified atom stereocenters. The van der Waals surface area contributed by atoms with Crippen molar-refractivity contribution in [3.05, 3.63) is 68.5 Å². The number of aromatic amines is 1. The number of rotatable bonds is 5. The summed E-state index contributed by atoms with van der Waals surface area (Å²) in [6.45, 7) is 7.20. The summed E-state index contributed by atoms with van der Waals surface area (Å²) < 4.78 is 53.9. The first kappa shape index (κ1) is 27.1. The zero-order valence-electron chi connectivity index (χ0n) is 22.0. The Labute approximate surface area is 223 Å². The highest BCUT2D eigenvalue weighted by atomic mass is 19.4. The van der Waals surface area contributed by atoms with Gasteiger partial charge in [0.25, 0.3) is 11.5 Å². The minimum atomic E-state index is -4.74. The Bertz CT molecular complexity index is 1480. The SMILES string of the molecule is Cc1cc2c(N3CCN[C@@H](C)CC3)c(C(=O)N[C@@H](C)c3cc(F)cc(C(F)(F)F)c3)c(=O)[nH]c2c(C2CC2)n1. The molecule has 1 aromatic carbocycles. The second-order valence-corrected chi connectivity index (χ2v) is 10.6.